The number of H-pyrrole nitrogens is 1. The monoisotopic (exact) mass is 316 g/mol. The van der Waals surface area contributed by atoms with Crippen LogP contribution < -0.4 is 9.47 Å². The Morgan fingerprint density at radius 3 is 2.59 bits per heavy atom. The first kappa shape index (κ1) is 14.7. The molecule has 0 amide bonds. The SMILES string of the molecule is COc1ccc2[nH]c(C(C)c3ccc(OC)c(Cl)c3)nc2c1. The van der Waals surface area contributed by atoms with Gasteiger partial charge in [0.2, 0.25) is 0 Å². The van der Waals surface area contributed by atoms with Gasteiger partial charge in [-0.1, -0.05) is 24.6 Å². The number of ether oxygens (including phenoxy) is 2. The second kappa shape index (κ2) is 5.89. The molecule has 22 heavy (non-hydrogen) atoms. The molecule has 0 aliphatic rings. The van der Waals surface area contributed by atoms with E-state index in [0.29, 0.717) is 10.8 Å². The maximum atomic E-state index is 6.21. The lowest BCUT2D eigenvalue weighted by Gasteiger charge is -2.11. The highest BCUT2D eigenvalue weighted by atomic mass is 35.5. The fourth-order valence-corrected chi connectivity index (χ4v) is 2.71. The first-order valence-corrected chi connectivity index (χ1v) is 7.37. The quantitative estimate of drug-likeness (QED) is 0.776. The molecule has 0 aliphatic carbocycles. The van der Waals surface area contributed by atoms with Crippen LogP contribution >= 0.6 is 11.6 Å². The van der Waals surface area contributed by atoms with Gasteiger partial charge in [0.15, 0.2) is 0 Å². The number of benzene rings is 2. The summed E-state index contributed by atoms with van der Waals surface area (Å²) in [5.41, 5.74) is 2.96. The second-order valence-corrected chi connectivity index (χ2v) is 5.53. The van der Waals surface area contributed by atoms with Gasteiger partial charge in [-0.15, -0.1) is 0 Å². The summed E-state index contributed by atoms with van der Waals surface area (Å²) < 4.78 is 10.4. The van der Waals surface area contributed by atoms with Crippen LogP contribution in [0.1, 0.15) is 24.2 Å². The molecule has 0 bridgehead atoms. The first-order valence-electron chi connectivity index (χ1n) is 6.99. The van der Waals surface area contributed by atoms with Crippen LogP contribution in [0.15, 0.2) is 36.4 Å². The van der Waals surface area contributed by atoms with Gasteiger partial charge in [0.1, 0.15) is 17.3 Å². The molecule has 0 radical (unpaired) electrons. The minimum absolute atomic E-state index is 0.0989. The minimum Gasteiger partial charge on any atom is -0.497 e. The van der Waals surface area contributed by atoms with Gasteiger partial charge in [-0.25, -0.2) is 4.98 Å². The number of imidazole rings is 1. The Labute approximate surface area is 134 Å². The van der Waals surface area contributed by atoms with Crippen LogP contribution in [0.2, 0.25) is 5.02 Å². The summed E-state index contributed by atoms with van der Waals surface area (Å²) >= 11 is 6.21. The summed E-state index contributed by atoms with van der Waals surface area (Å²) in [4.78, 5) is 8.01. The third kappa shape index (κ3) is 2.62. The van der Waals surface area contributed by atoms with Gasteiger partial charge in [0.25, 0.3) is 0 Å². The van der Waals surface area contributed by atoms with Crippen molar-refractivity contribution >= 4 is 22.6 Å². The molecule has 114 valence electrons. The number of aromatic amines is 1. The average molecular weight is 317 g/mol. The van der Waals surface area contributed by atoms with E-state index in [0.717, 1.165) is 28.2 Å². The van der Waals surface area contributed by atoms with Gasteiger partial charge in [0.05, 0.1) is 30.3 Å². The molecule has 3 aromatic rings. The van der Waals surface area contributed by atoms with E-state index in [1.807, 2.05) is 36.4 Å². The molecule has 1 aromatic heterocycles. The molecule has 0 spiro atoms. The number of nitrogens with one attached hydrogen (secondary N) is 1. The highest BCUT2D eigenvalue weighted by Gasteiger charge is 2.15. The van der Waals surface area contributed by atoms with E-state index >= 15 is 0 Å². The third-order valence-electron chi connectivity index (χ3n) is 3.79. The number of rotatable bonds is 4. The minimum atomic E-state index is 0.0989. The number of methoxy groups -OCH3 is 2. The maximum absolute atomic E-state index is 6.21. The predicted octanol–water partition coefficient (Wildman–Crippen LogP) is 4.39. The summed E-state index contributed by atoms with van der Waals surface area (Å²) in [7, 11) is 3.26. The zero-order valence-corrected chi connectivity index (χ0v) is 13.4. The van der Waals surface area contributed by atoms with E-state index in [1.54, 1.807) is 14.2 Å². The van der Waals surface area contributed by atoms with E-state index < -0.39 is 0 Å². The number of hydrogen-bond donors (Lipinski definition) is 1. The van der Waals surface area contributed by atoms with Gasteiger partial charge < -0.3 is 14.5 Å². The van der Waals surface area contributed by atoms with Gasteiger partial charge in [-0.05, 0) is 29.8 Å². The molecule has 5 heteroatoms. The first-order chi connectivity index (χ1) is 10.6. The zero-order valence-electron chi connectivity index (χ0n) is 12.7. The third-order valence-corrected chi connectivity index (χ3v) is 4.09. The van der Waals surface area contributed by atoms with Crippen molar-refractivity contribution < 1.29 is 9.47 Å². The van der Waals surface area contributed by atoms with Crippen molar-refractivity contribution in [3.8, 4) is 11.5 Å². The number of fused-ring (bicyclic) bond motifs is 1. The molecule has 1 unspecified atom stereocenters. The van der Waals surface area contributed by atoms with Crippen LogP contribution in [0.5, 0.6) is 11.5 Å². The Morgan fingerprint density at radius 2 is 1.91 bits per heavy atom. The molecule has 0 fully saturated rings. The van der Waals surface area contributed by atoms with Crippen LogP contribution in [0, 0.1) is 0 Å². The van der Waals surface area contributed by atoms with Gasteiger partial charge >= 0.3 is 0 Å². The summed E-state index contributed by atoms with van der Waals surface area (Å²) in [5.74, 6) is 2.46. The lowest BCUT2D eigenvalue weighted by Crippen LogP contribution is -1.99. The van der Waals surface area contributed by atoms with Crippen molar-refractivity contribution in [2.45, 2.75) is 12.8 Å². The Kier molecular flexibility index (Phi) is 3.94. The van der Waals surface area contributed by atoms with Crippen LogP contribution in [0.4, 0.5) is 0 Å². The van der Waals surface area contributed by atoms with E-state index in [4.69, 9.17) is 21.1 Å². The Bertz CT molecular complexity index is 814. The molecule has 0 aliphatic heterocycles. The molecule has 1 heterocycles. The number of halogens is 1. The lowest BCUT2D eigenvalue weighted by atomic mass is 10.0. The van der Waals surface area contributed by atoms with E-state index in [-0.39, 0.29) is 5.92 Å². The summed E-state index contributed by atoms with van der Waals surface area (Å²) in [6.07, 6.45) is 0. The van der Waals surface area contributed by atoms with Gasteiger partial charge in [-0.3, -0.25) is 0 Å². The molecule has 2 aromatic carbocycles. The van der Waals surface area contributed by atoms with E-state index in [2.05, 4.69) is 16.9 Å². The Balaban J connectivity index is 1.97. The topological polar surface area (TPSA) is 47.1 Å². The largest absolute Gasteiger partial charge is 0.497 e. The fourth-order valence-electron chi connectivity index (χ4n) is 2.45. The molecular formula is C17H17ClN2O2. The van der Waals surface area contributed by atoms with Gasteiger partial charge in [-0.2, -0.15) is 0 Å². The van der Waals surface area contributed by atoms with Crippen molar-refractivity contribution in [2.75, 3.05) is 14.2 Å². The molecule has 1 atom stereocenters. The zero-order chi connectivity index (χ0) is 15.7. The van der Waals surface area contributed by atoms with Crippen LogP contribution in [-0.2, 0) is 0 Å². The molecule has 3 rings (SSSR count). The van der Waals surface area contributed by atoms with Crippen LogP contribution in [-0.4, -0.2) is 24.2 Å². The highest BCUT2D eigenvalue weighted by Crippen LogP contribution is 2.31. The number of nitrogens with zero attached hydrogens (tertiary/aromatic N) is 1. The number of aromatic nitrogens is 2. The lowest BCUT2D eigenvalue weighted by molar-refractivity contribution is 0.415. The normalized spacial score (nSPS) is 12.4. The van der Waals surface area contributed by atoms with E-state index in [1.165, 1.54) is 0 Å². The molecule has 0 saturated carbocycles. The number of hydrogen-bond acceptors (Lipinski definition) is 3. The van der Waals surface area contributed by atoms with Crippen molar-refractivity contribution in [2.24, 2.45) is 0 Å². The molecule has 1 N–H and O–H groups in total. The summed E-state index contributed by atoms with van der Waals surface area (Å²) in [5, 5.41) is 0.602. The van der Waals surface area contributed by atoms with Crippen molar-refractivity contribution in [1.82, 2.24) is 9.97 Å². The van der Waals surface area contributed by atoms with Crippen LogP contribution in [0.3, 0.4) is 0 Å². The Hall–Kier alpha value is -2.20. The molecule has 4 nitrogen and oxygen atoms in total. The summed E-state index contributed by atoms with van der Waals surface area (Å²) in [6.45, 7) is 2.09. The standard InChI is InChI=1S/C17H17ClN2O2/c1-10(11-4-7-16(22-3)13(18)8-11)17-19-14-6-5-12(21-2)9-15(14)20-17/h4-10H,1-3H3,(H,19,20). The average Bonchev–Trinajstić information content (AvgIpc) is 2.96. The predicted molar refractivity (Wildman–Crippen MR) is 88.2 cm³/mol. The van der Waals surface area contributed by atoms with Crippen molar-refractivity contribution in [3.63, 3.8) is 0 Å². The van der Waals surface area contributed by atoms with Crippen molar-refractivity contribution in [1.29, 1.82) is 0 Å². The van der Waals surface area contributed by atoms with Gasteiger partial charge in [0, 0.05) is 12.0 Å². The fraction of sp³-hybridized carbons (Fsp3) is 0.235. The molecular weight excluding hydrogens is 300 g/mol. The highest BCUT2D eigenvalue weighted by molar-refractivity contribution is 6.32. The second-order valence-electron chi connectivity index (χ2n) is 5.12. The molecule has 0 saturated heterocycles. The summed E-state index contributed by atoms with van der Waals surface area (Å²) in [6, 6.07) is 11.6. The maximum Gasteiger partial charge on any atom is 0.137 e. The van der Waals surface area contributed by atoms with E-state index in [9.17, 15) is 0 Å². The Morgan fingerprint density at radius 1 is 1.09 bits per heavy atom. The van der Waals surface area contributed by atoms with Crippen molar-refractivity contribution in [3.05, 3.63) is 52.8 Å². The smallest absolute Gasteiger partial charge is 0.137 e. The van der Waals surface area contributed by atoms with Crippen LogP contribution in [0.25, 0.3) is 11.0 Å².